The Morgan fingerprint density at radius 2 is 0.938 bits per heavy atom. The van der Waals surface area contributed by atoms with E-state index in [1.54, 1.807) is 0 Å². The van der Waals surface area contributed by atoms with Crippen molar-refractivity contribution in [2.45, 2.75) is 0 Å². The molecule has 0 bridgehead atoms. The smallest absolute Gasteiger partial charge is 0.262 e. The number of hydrogen-bond acceptors (Lipinski definition) is 1. The van der Waals surface area contributed by atoms with Gasteiger partial charge in [0.15, 0.2) is 0 Å². The minimum atomic E-state index is -0.889. The van der Waals surface area contributed by atoms with E-state index in [0.717, 1.165) is 0 Å². The Balaban J connectivity index is 0.000000280. The minimum absolute atomic E-state index is 0.889. The Morgan fingerprint density at radius 1 is 0.688 bits per heavy atom. The summed E-state index contributed by atoms with van der Waals surface area (Å²) < 4.78 is -0.889. The molecule has 3 heteroatoms. The lowest BCUT2D eigenvalue weighted by molar-refractivity contribution is 0.275. The molecule has 0 aliphatic heterocycles. The van der Waals surface area contributed by atoms with Crippen molar-refractivity contribution in [2.75, 3.05) is 0 Å². The molecule has 2 aromatic rings. The van der Waals surface area contributed by atoms with Gasteiger partial charge in [-0.1, -0.05) is 60.7 Å². The molecule has 1 nitrogen and oxygen atoms in total. The number of halogens is 2. The van der Waals surface area contributed by atoms with Gasteiger partial charge in [0.25, 0.3) is 0 Å². The highest BCUT2D eigenvalue weighted by Crippen LogP contribution is 2.17. The molecule has 0 unspecified atom stereocenters. The van der Waals surface area contributed by atoms with Crippen LogP contribution in [-0.4, -0.2) is 4.70 Å². The first-order valence-corrected chi connectivity index (χ1v) is 5.41. The van der Waals surface area contributed by atoms with Crippen LogP contribution in [0.2, 0.25) is 0 Å². The lowest BCUT2D eigenvalue weighted by atomic mass is 10.1. The number of rotatable bonds is 1. The Labute approximate surface area is 105 Å². The van der Waals surface area contributed by atoms with Crippen LogP contribution < -0.4 is 0 Å². The van der Waals surface area contributed by atoms with Gasteiger partial charge in [0.1, 0.15) is 0 Å². The third-order valence-electron chi connectivity index (χ3n) is 1.88. The van der Waals surface area contributed by atoms with Gasteiger partial charge in [0, 0.05) is 0 Å². The van der Waals surface area contributed by atoms with Gasteiger partial charge < -0.3 is 0 Å². The lowest BCUT2D eigenvalue weighted by Gasteiger charge is -1.98. The largest absolute Gasteiger partial charge is 0.313 e. The van der Waals surface area contributed by atoms with Crippen molar-refractivity contribution in [3.8, 4) is 11.1 Å². The Kier molecular flexibility index (Phi) is 5.62. The maximum Gasteiger partial charge on any atom is 0.313 e. The van der Waals surface area contributed by atoms with E-state index in [-0.39, 0.29) is 0 Å². The molecular formula is C13H10Cl2O. The van der Waals surface area contributed by atoms with Gasteiger partial charge >= 0.3 is 4.70 Å². The molecule has 2 rings (SSSR count). The SMILES string of the molecule is O=C(Cl)Cl.c1ccc(-c2ccccc2)cc1. The van der Waals surface area contributed by atoms with E-state index < -0.39 is 4.70 Å². The normalized spacial score (nSPS) is 8.88. The molecule has 0 aliphatic rings. The Morgan fingerprint density at radius 3 is 1.19 bits per heavy atom. The van der Waals surface area contributed by atoms with Gasteiger partial charge in [0.2, 0.25) is 0 Å². The van der Waals surface area contributed by atoms with Crippen molar-refractivity contribution >= 4 is 27.9 Å². The van der Waals surface area contributed by atoms with Crippen LogP contribution in [0.3, 0.4) is 0 Å². The van der Waals surface area contributed by atoms with Crippen LogP contribution in [0.5, 0.6) is 0 Å². The topological polar surface area (TPSA) is 17.1 Å². The summed E-state index contributed by atoms with van der Waals surface area (Å²) >= 11 is 8.80. The highest BCUT2D eigenvalue weighted by atomic mass is 35.5. The van der Waals surface area contributed by atoms with Crippen molar-refractivity contribution in [2.24, 2.45) is 0 Å². The predicted octanol–water partition coefficient (Wildman–Crippen LogP) is 4.94. The molecule has 16 heavy (non-hydrogen) atoms. The molecule has 0 aliphatic carbocycles. The molecule has 0 fully saturated rings. The van der Waals surface area contributed by atoms with E-state index in [1.807, 2.05) is 12.1 Å². The summed E-state index contributed by atoms with van der Waals surface area (Å²) in [5.41, 5.74) is 2.55. The summed E-state index contributed by atoms with van der Waals surface area (Å²) in [5, 5.41) is 0. The Hall–Kier alpha value is -1.31. The summed E-state index contributed by atoms with van der Waals surface area (Å²) in [6.07, 6.45) is 0. The van der Waals surface area contributed by atoms with E-state index in [0.29, 0.717) is 0 Å². The fourth-order valence-electron chi connectivity index (χ4n) is 1.26. The van der Waals surface area contributed by atoms with Crippen LogP contribution in [0.15, 0.2) is 60.7 Å². The number of carbonyl (C=O) groups excluding carboxylic acids is 1. The van der Waals surface area contributed by atoms with Gasteiger partial charge in [-0.3, -0.25) is 4.79 Å². The third-order valence-corrected chi connectivity index (χ3v) is 1.88. The van der Waals surface area contributed by atoms with Crippen molar-refractivity contribution < 1.29 is 4.79 Å². The lowest BCUT2D eigenvalue weighted by Crippen LogP contribution is -1.73. The van der Waals surface area contributed by atoms with Gasteiger partial charge in [-0.25, -0.2) is 0 Å². The molecule has 0 saturated heterocycles. The molecule has 0 saturated carbocycles. The number of carbonyl (C=O) groups is 1. The maximum absolute atomic E-state index is 8.98. The highest BCUT2D eigenvalue weighted by molar-refractivity contribution is 6.93. The second-order valence-electron chi connectivity index (χ2n) is 2.96. The zero-order valence-corrected chi connectivity index (χ0v) is 9.95. The predicted molar refractivity (Wildman–Crippen MR) is 69.0 cm³/mol. The van der Waals surface area contributed by atoms with E-state index in [9.17, 15) is 0 Å². The Bertz CT molecular complexity index is 385. The molecule has 0 atom stereocenters. The fraction of sp³-hybridized carbons (Fsp3) is 0. The summed E-state index contributed by atoms with van der Waals surface area (Å²) in [4.78, 5) is 8.98. The van der Waals surface area contributed by atoms with Crippen LogP contribution in [0, 0.1) is 0 Å². The first-order chi connectivity index (χ1) is 7.70. The molecule has 0 aromatic heterocycles. The van der Waals surface area contributed by atoms with Gasteiger partial charge in [0.05, 0.1) is 0 Å². The molecular weight excluding hydrogens is 243 g/mol. The molecule has 0 spiro atoms. The van der Waals surface area contributed by atoms with Crippen LogP contribution in [0.25, 0.3) is 11.1 Å². The number of hydrogen-bond donors (Lipinski definition) is 0. The third kappa shape index (κ3) is 4.96. The quantitative estimate of drug-likeness (QED) is 0.658. The monoisotopic (exact) mass is 252 g/mol. The number of benzene rings is 2. The standard InChI is InChI=1S/C12H10.CCl2O/c1-3-7-11(8-4-1)12-9-5-2-6-10-12;2-1(3)4/h1-10H;. The van der Waals surface area contributed by atoms with E-state index >= 15 is 0 Å². The van der Waals surface area contributed by atoms with Crippen LogP contribution >= 0.6 is 23.2 Å². The highest BCUT2D eigenvalue weighted by Gasteiger charge is 1.91. The van der Waals surface area contributed by atoms with Crippen molar-refractivity contribution in [3.63, 3.8) is 0 Å². The van der Waals surface area contributed by atoms with E-state index in [4.69, 9.17) is 4.79 Å². The van der Waals surface area contributed by atoms with Crippen molar-refractivity contribution in [3.05, 3.63) is 60.7 Å². The first kappa shape index (κ1) is 12.8. The average Bonchev–Trinajstić information content (AvgIpc) is 2.31. The molecule has 0 amide bonds. The van der Waals surface area contributed by atoms with Gasteiger partial charge in [-0.05, 0) is 34.3 Å². The van der Waals surface area contributed by atoms with E-state index in [2.05, 4.69) is 71.7 Å². The first-order valence-electron chi connectivity index (χ1n) is 4.65. The van der Waals surface area contributed by atoms with Crippen LogP contribution in [0.1, 0.15) is 0 Å². The minimum Gasteiger partial charge on any atom is -0.262 e. The summed E-state index contributed by atoms with van der Waals surface area (Å²) in [6, 6.07) is 20.8. The van der Waals surface area contributed by atoms with Crippen LogP contribution in [-0.2, 0) is 0 Å². The molecule has 2 aromatic carbocycles. The van der Waals surface area contributed by atoms with Gasteiger partial charge in [-0.2, -0.15) is 0 Å². The van der Waals surface area contributed by atoms with Crippen molar-refractivity contribution in [1.29, 1.82) is 0 Å². The molecule has 0 radical (unpaired) electrons. The summed E-state index contributed by atoms with van der Waals surface area (Å²) in [5.74, 6) is 0. The molecule has 82 valence electrons. The fourth-order valence-corrected chi connectivity index (χ4v) is 1.26. The average molecular weight is 253 g/mol. The summed E-state index contributed by atoms with van der Waals surface area (Å²) in [6.45, 7) is 0. The zero-order valence-electron chi connectivity index (χ0n) is 8.44. The summed E-state index contributed by atoms with van der Waals surface area (Å²) in [7, 11) is 0. The maximum atomic E-state index is 8.98. The van der Waals surface area contributed by atoms with Gasteiger partial charge in [-0.15, -0.1) is 0 Å². The van der Waals surface area contributed by atoms with Crippen LogP contribution in [0.4, 0.5) is 4.79 Å². The molecule has 0 heterocycles. The van der Waals surface area contributed by atoms with E-state index in [1.165, 1.54) is 11.1 Å². The second kappa shape index (κ2) is 7.04. The molecule has 0 N–H and O–H groups in total. The van der Waals surface area contributed by atoms with Crippen molar-refractivity contribution in [1.82, 2.24) is 0 Å². The second-order valence-corrected chi connectivity index (χ2v) is 3.84. The zero-order chi connectivity index (χ0) is 11.8.